The number of para-hydroxylation sites is 2. The second kappa shape index (κ2) is 2.80. The Morgan fingerprint density at radius 1 is 1.20 bits per heavy atom. The molecular formula is C9H6ClN5. The first kappa shape index (κ1) is 8.43. The van der Waals surface area contributed by atoms with Crippen LogP contribution in [0.15, 0.2) is 24.3 Å². The lowest BCUT2D eigenvalue weighted by Gasteiger charge is -2.02. The minimum absolute atomic E-state index is 0.304. The summed E-state index contributed by atoms with van der Waals surface area (Å²) in [6, 6.07) is 7.54. The van der Waals surface area contributed by atoms with Crippen LogP contribution in [-0.2, 0) is 0 Å². The van der Waals surface area contributed by atoms with Crippen molar-refractivity contribution in [3.05, 3.63) is 29.4 Å². The quantitative estimate of drug-likeness (QED) is 0.622. The van der Waals surface area contributed by atoms with E-state index in [1.165, 1.54) is 0 Å². The van der Waals surface area contributed by atoms with Crippen LogP contribution in [0.3, 0.4) is 0 Å². The lowest BCUT2D eigenvalue weighted by molar-refractivity contribution is 1.12. The largest absolute Gasteiger partial charge is 0.368 e. The van der Waals surface area contributed by atoms with Crippen molar-refractivity contribution in [3.8, 4) is 0 Å². The molecule has 0 spiro atoms. The van der Waals surface area contributed by atoms with Crippen LogP contribution in [0.2, 0.25) is 5.15 Å². The van der Waals surface area contributed by atoms with Gasteiger partial charge in [0.25, 0.3) is 0 Å². The lowest BCUT2D eigenvalue weighted by atomic mass is 10.3. The van der Waals surface area contributed by atoms with Gasteiger partial charge in [0, 0.05) is 0 Å². The van der Waals surface area contributed by atoms with Gasteiger partial charge in [-0.15, -0.1) is 10.2 Å². The van der Waals surface area contributed by atoms with Crippen molar-refractivity contribution >= 4 is 34.2 Å². The molecule has 0 radical (unpaired) electrons. The molecule has 2 aromatic heterocycles. The van der Waals surface area contributed by atoms with Gasteiger partial charge in [-0.3, -0.25) is 4.40 Å². The number of rotatable bonds is 0. The smallest absolute Gasteiger partial charge is 0.227 e. The minimum atomic E-state index is 0.304. The van der Waals surface area contributed by atoms with Gasteiger partial charge in [0.2, 0.25) is 11.6 Å². The Morgan fingerprint density at radius 3 is 2.87 bits per heavy atom. The molecule has 6 heteroatoms. The van der Waals surface area contributed by atoms with Crippen molar-refractivity contribution < 1.29 is 0 Å². The molecule has 0 aliphatic rings. The third kappa shape index (κ3) is 1.07. The lowest BCUT2D eigenvalue weighted by Crippen LogP contribution is -1.97. The van der Waals surface area contributed by atoms with E-state index in [-0.39, 0.29) is 0 Å². The Kier molecular flexibility index (Phi) is 1.58. The Labute approximate surface area is 89.5 Å². The average Bonchev–Trinajstić information content (AvgIpc) is 2.62. The maximum atomic E-state index is 5.96. The highest BCUT2D eigenvalue weighted by atomic mass is 35.5. The first-order valence-corrected chi connectivity index (χ1v) is 4.70. The van der Waals surface area contributed by atoms with Gasteiger partial charge in [-0.2, -0.15) is 0 Å². The zero-order chi connectivity index (χ0) is 10.4. The molecule has 74 valence electrons. The first-order valence-electron chi connectivity index (χ1n) is 4.32. The summed E-state index contributed by atoms with van der Waals surface area (Å²) in [4.78, 5) is 4.20. The number of halogens is 1. The van der Waals surface area contributed by atoms with E-state index < -0.39 is 0 Å². The minimum Gasteiger partial charge on any atom is -0.368 e. The highest BCUT2D eigenvalue weighted by Gasteiger charge is 2.10. The van der Waals surface area contributed by atoms with Crippen molar-refractivity contribution in [1.29, 1.82) is 0 Å². The van der Waals surface area contributed by atoms with Crippen molar-refractivity contribution in [2.45, 2.75) is 0 Å². The van der Waals surface area contributed by atoms with Gasteiger partial charge in [-0.05, 0) is 12.1 Å². The van der Waals surface area contributed by atoms with E-state index in [9.17, 15) is 0 Å². The molecule has 2 heterocycles. The van der Waals surface area contributed by atoms with Crippen LogP contribution < -0.4 is 5.73 Å². The highest BCUT2D eigenvalue weighted by Crippen LogP contribution is 2.21. The summed E-state index contributed by atoms with van der Waals surface area (Å²) in [6.07, 6.45) is 0. The molecule has 0 saturated carbocycles. The molecule has 2 N–H and O–H groups in total. The maximum Gasteiger partial charge on any atom is 0.227 e. The van der Waals surface area contributed by atoms with E-state index >= 15 is 0 Å². The van der Waals surface area contributed by atoms with Crippen LogP contribution in [0.4, 0.5) is 5.95 Å². The van der Waals surface area contributed by atoms with Crippen LogP contribution in [0.25, 0.3) is 16.7 Å². The van der Waals surface area contributed by atoms with Crippen LogP contribution in [0.5, 0.6) is 0 Å². The van der Waals surface area contributed by atoms with Gasteiger partial charge in [0.05, 0.1) is 11.0 Å². The molecule has 0 atom stereocenters. The first-order chi connectivity index (χ1) is 7.27. The molecule has 15 heavy (non-hydrogen) atoms. The molecule has 0 aliphatic carbocycles. The van der Waals surface area contributed by atoms with Gasteiger partial charge < -0.3 is 5.73 Å². The zero-order valence-electron chi connectivity index (χ0n) is 7.55. The third-order valence-corrected chi connectivity index (χ3v) is 2.47. The summed E-state index contributed by atoms with van der Waals surface area (Å²) in [5, 5.41) is 7.94. The summed E-state index contributed by atoms with van der Waals surface area (Å²) in [7, 11) is 0. The SMILES string of the molecule is Nc1nnc2c(Cl)nc3ccccc3n12. The number of anilines is 1. The fourth-order valence-corrected chi connectivity index (χ4v) is 1.78. The van der Waals surface area contributed by atoms with Crippen molar-refractivity contribution in [1.82, 2.24) is 19.6 Å². The number of nitrogens with zero attached hydrogens (tertiary/aromatic N) is 4. The molecule has 3 rings (SSSR count). The number of fused-ring (bicyclic) bond motifs is 3. The fraction of sp³-hybridized carbons (Fsp3) is 0. The molecule has 0 saturated heterocycles. The van der Waals surface area contributed by atoms with Crippen LogP contribution in [0.1, 0.15) is 0 Å². The van der Waals surface area contributed by atoms with Crippen molar-refractivity contribution in [3.63, 3.8) is 0 Å². The van der Waals surface area contributed by atoms with Gasteiger partial charge >= 0.3 is 0 Å². The Morgan fingerprint density at radius 2 is 2.00 bits per heavy atom. The van der Waals surface area contributed by atoms with Crippen molar-refractivity contribution in [2.75, 3.05) is 5.73 Å². The Balaban J connectivity index is 2.67. The fourth-order valence-electron chi connectivity index (χ4n) is 1.57. The second-order valence-corrected chi connectivity index (χ2v) is 3.47. The van der Waals surface area contributed by atoms with Crippen LogP contribution in [-0.4, -0.2) is 19.6 Å². The normalized spacial score (nSPS) is 11.3. The molecule has 1 aromatic carbocycles. The summed E-state index contributed by atoms with van der Waals surface area (Å²) >= 11 is 5.96. The van der Waals surface area contributed by atoms with Crippen LogP contribution in [0, 0.1) is 0 Å². The molecule has 0 fully saturated rings. The number of benzene rings is 1. The maximum absolute atomic E-state index is 5.96. The van der Waals surface area contributed by atoms with E-state index in [1.807, 2.05) is 24.3 Å². The van der Waals surface area contributed by atoms with Gasteiger partial charge in [-0.25, -0.2) is 4.98 Å². The zero-order valence-corrected chi connectivity index (χ0v) is 8.31. The summed E-state index contributed by atoms with van der Waals surface area (Å²) in [5.74, 6) is 0.311. The molecule has 3 aromatic rings. The van der Waals surface area contributed by atoms with Crippen LogP contribution >= 0.6 is 11.6 Å². The average molecular weight is 220 g/mol. The number of hydrogen-bond acceptors (Lipinski definition) is 4. The molecule has 0 amide bonds. The number of nitrogens with two attached hydrogens (primary N) is 1. The summed E-state index contributed by atoms with van der Waals surface area (Å²) in [5.41, 5.74) is 7.81. The molecule has 0 bridgehead atoms. The summed E-state index contributed by atoms with van der Waals surface area (Å²) < 4.78 is 1.69. The topological polar surface area (TPSA) is 69.1 Å². The van der Waals surface area contributed by atoms with Gasteiger partial charge in [0.15, 0.2) is 5.15 Å². The number of nitrogen functional groups attached to an aromatic ring is 1. The molecular weight excluding hydrogens is 214 g/mol. The third-order valence-electron chi connectivity index (χ3n) is 2.21. The van der Waals surface area contributed by atoms with E-state index in [2.05, 4.69) is 15.2 Å². The molecule has 5 nitrogen and oxygen atoms in total. The van der Waals surface area contributed by atoms with Gasteiger partial charge in [0.1, 0.15) is 0 Å². The van der Waals surface area contributed by atoms with Crippen molar-refractivity contribution in [2.24, 2.45) is 0 Å². The van der Waals surface area contributed by atoms with E-state index in [1.54, 1.807) is 4.40 Å². The number of hydrogen-bond donors (Lipinski definition) is 1. The highest BCUT2D eigenvalue weighted by molar-refractivity contribution is 6.32. The predicted octanol–water partition coefficient (Wildman–Crippen LogP) is 1.51. The molecule has 0 aliphatic heterocycles. The Hall–Kier alpha value is -1.88. The number of aromatic nitrogens is 4. The molecule has 0 unspecified atom stereocenters. The van der Waals surface area contributed by atoms with Gasteiger partial charge in [-0.1, -0.05) is 23.7 Å². The van der Waals surface area contributed by atoms with E-state index in [0.29, 0.717) is 16.7 Å². The van der Waals surface area contributed by atoms with E-state index in [4.69, 9.17) is 17.3 Å². The predicted molar refractivity (Wildman–Crippen MR) is 57.7 cm³/mol. The second-order valence-electron chi connectivity index (χ2n) is 3.11. The monoisotopic (exact) mass is 219 g/mol. The standard InChI is InChI=1S/C9H6ClN5/c10-7-8-13-14-9(11)15(8)6-4-2-1-3-5(6)12-7/h1-4H,(H2,11,14). The Bertz CT molecular complexity index is 660. The van der Waals surface area contributed by atoms with E-state index in [0.717, 1.165) is 11.0 Å². The summed E-state index contributed by atoms with van der Waals surface area (Å²) in [6.45, 7) is 0.